The quantitative estimate of drug-likeness (QED) is 0.365. The van der Waals surface area contributed by atoms with Gasteiger partial charge in [-0.15, -0.1) is 0 Å². The lowest BCUT2D eigenvalue weighted by Crippen LogP contribution is -2.42. The van der Waals surface area contributed by atoms with Gasteiger partial charge in [0.1, 0.15) is 11.3 Å². The van der Waals surface area contributed by atoms with Gasteiger partial charge in [0.2, 0.25) is 0 Å². The molecule has 0 unspecified atom stereocenters. The number of nitriles is 1. The summed E-state index contributed by atoms with van der Waals surface area (Å²) in [5, 5.41) is 16.2. The minimum Gasteiger partial charge on any atom is -0.346 e. The summed E-state index contributed by atoms with van der Waals surface area (Å²) in [6.45, 7) is 0.855. The van der Waals surface area contributed by atoms with E-state index in [2.05, 4.69) is 10.4 Å². The van der Waals surface area contributed by atoms with Crippen LogP contribution >= 0.6 is 0 Å². The number of hydrogen-bond acceptors (Lipinski definition) is 4. The summed E-state index contributed by atoms with van der Waals surface area (Å²) in [7, 11) is 7.36. The number of carbonyl (C=O) groups excluding carboxylic acids is 1. The molecule has 9 nitrogen and oxygen atoms in total. The van der Waals surface area contributed by atoms with E-state index in [1.54, 1.807) is 30.3 Å². The molecule has 2 aromatic heterocycles. The zero-order valence-electron chi connectivity index (χ0n) is 21.8. The lowest BCUT2D eigenvalue weighted by atomic mass is 10.1. The highest BCUT2D eigenvalue weighted by Crippen LogP contribution is 2.31. The number of halogens is 3. The maximum absolute atomic E-state index is 13.7. The van der Waals surface area contributed by atoms with Crippen molar-refractivity contribution in [2.45, 2.75) is 6.18 Å². The fourth-order valence-corrected chi connectivity index (χ4v) is 4.17. The Bertz CT molecular complexity index is 1620. The molecule has 39 heavy (non-hydrogen) atoms. The standard InChI is InChI=1S/C27H26F3N7O2/c1-34-24(22-12-13-33-35(22)20-10-8-18(17-31)9-11-20)23(25(38)32-14-15-37(2,3)4)26(39)36(34)21-7-5-6-19(16-21)27(28,29)30/h5-13,16H,14-15H2,1-4H3/p+1. The molecule has 0 atom stereocenters. The lowest BCUT2D eigenvalue weighted by Gasteiger charge is -2.23. The second kappa shape index (κ2) is 10.3. The number of aromatic nitrogens is 4. The van der Waals surface area contributed by atoms with Crippen LogP contribution in [0.15, 0.2) is 65.6 Å². The van der Waals surface area contributed by atoms with Crippen LogP contribution < -0.4 is 10.9 Å². The molecule has 12 heteroatoms. The minimum absolute atomic E-state index is 0.0478. The SMILES string of the molecule is Cn1c(-c2ccnn2-c2ccc(C#N)cc2)c(C(=O)NCC[N+](C)(C)C)c(=O)n1-c1cccc(C(F)(F)F)c1. The van der Waals surface area contributed by atoms with E-state index in [4.69, 9.17) is 5.26 Å². The molecule has 0 spiro atoms. The van der Waals surface area contributed by atoms with Gasteiger partial charge in [0.05, 0.1) is 74.7 Å². The second-order valence-electron chi connectivity index (χ2n) is 9.97. The molecule has 0 aliphatic rings. The van der Waals surface area contributed by atoms with Gasteiger partial charge in [0, 0.05) is 7.05 Å². The molecule has 4 rings (SSSR count). The largest absolute Gasteiger partial charge is 0.416 e. The summed E-state index contributed by atoms with van der Waals surface area (Å²) < 4.78 is 44.8. The Balaban J connectivity index is 1.91. The van der Waals surface area contributed by atoms with Gasteiger partial charge in [-0.05, 0) is 48.5 Å². The summed E-state index contributed by atoms with van der Waals surface area (Å²) in [5.41, 5.74) is -0.449. The molecule has 202 valence electrons. The third-order valence-electron chi connectivity index (χ3n) is 6.11. The van der Waals surface area contributed by atoms with Crippen LogP contribution in [0.4, 0.5) is 13.2 Å². The first kappa shape index (κ1) is 27.4. The molecule has 0 bridgehead atoms. The van der Waals surface area contributed by atoms with Crippen molar-refractivity contribution >= 4 is 5.91 Å². The lowest BCUT2D eigenvalue weighted by molar-refractivity contribution is -0.869. The van der Waals surface area contributed by atoms with Gasteiger partial charge in [-0.1, -0.05) is 6.07 Å². The molecule has 0 aliphatic carbocycles. The highest BCUT2D eigenvalue weighted by atomic mass is 19.4. The second-order valence-corrected chi connectivity index (χ2v) is 9.97. The predicted molar refractivity (Wildman–Crippen MR) is 139 cm³/mol. The van der Waals surface area contributed by atoms with Crippen LogP contribution in [0.3, 0.4) is 0 Å². The van der Waals surface area contributed by atoms with Crippen molar-refractivity contribution < 1.29 is 22.4 Å². The molecule has 0 saturated carbocycles. The van der Waals surface area contributed by atoms with Gasteiger partial charge in [-0.25, -0.2) is 9.36 Å². The van der Waals surface area contributed by atoms with Crippen molar-refractivity contribution in [1.29, 1.82) is 5.26 Å². The molecule has 2 heterocycles. The number of hydrogen-bond donors (Lipinski definition) is 1. The maximum atomic E-state index is 13.7. The van der Waals surface area contributed by atoms with Crippen LogP contribution in [0, 0.1) is 11.3 Å². The Kier molecular flexibility index (Phi) is 7.21. The van der Waals surface area contributed by atoms with Crippen molar-refractivity contribution in [3.8, 4) is 28.8 Å². The number of rotatable bonds is 7. The molecule has 0 saturated heterocycles. The van der Waals surface area contributed by atoms with E-state index in [0.717, 1.165) is 16.8 Å². The van der Waals surface area contributed by atoms with Crippen LogP contribution in [0.2, 0.25) is 0 Å². The molecule has 2 aromatic carbocycles. The number of alkyl halides is 3. The number of carbonyl (C=O) groups is 1. The molecular weight excluding hydrogens is 511 g/mol. The van der Waals surface area contributed by atoms with Crippen molar-refractivity contribution in [1.82, 2.24) is 24.5 Å². The van der Waals surface area contributed by atoms with Gasteiger partial charge in [0.25, 0.3) is 11.5 Å². The van der Waals surface area contributed by atoms with E-state index in [0.29, 0.717) is 28.0 Å². The number of benzene rings is 2. The third-order valence-corrected chi connectivity index (χ3v) is 6.11. The smallest absolute Gasteiger partial charge is 0.346 e. The van der Waals surface area contributed by atoms with E-state index in [1.165, 1.54) is 34.7 Å². The fourth-order valence-electron chi connectivity index (χ4n) is 4.17. The van der Waals surface area contributed by atoms with Crippen molar-refractivity contribution in [2.75, 3.05) is 34.2 Å². The van der Waals surface area contributed by atoms with Gasteiger partial charge in [-0.2, -0.15) is 23.5 Å². The molecule has 0 fully saturated rings. The highest BCUT2D eigenvalue weighted by molar-refractivity contribution is 5.99. The van der Waals surface area contributed by atoms with Crippen LogP contribution in [-0.4, -0.2) is 63.8 Å². The molecule has 1 amide bonds. The Morgan fingerprint density at radius 3 is 2.38 bits per heavy atom. The molecule has 4 aromatic rings. The number of amides is 1. The maximum Gasteiger partial charge on any atom is 0.416 e. The van der Waals surface area contributed by atoms with E-state index in [9.17, 15) is 22.8 Å². The summed E-state index contributed by atoms with van der Waals surface area (Å²) in [4.78, 5) is 27.2. The summed E-state index contributed by atoms with van der Waals surface area (Å²) >= 11 is 0. The molecule has 0 aliphatic heterocycles. The first-order valence-electron chi connectivity index (χ1n) is 11.9. The Morgan fingerprint density at radius 1 is 1.08 bits per heavy atom. The molecular formula is C27H27F3N7O2+. The number of likely N-dealkylation sites (N-methyl/N-ethyl adjacent to an activating group) is 1. The Morgan fingerprint density at radius 2 is 1.77 bits per heavy atom. The van der Waals surface area contributed by atoms with E-state index in [1.807, 2.05) is 27.2 Å². The molecule has 0 radical (unpaired) electrons. The van der Waals surface area contributed by atoms with E-state index < -0.39 is 23.2 Å². The van der Waals surface area contributed by atoms with Crippen LogP contribution in [-0.2, 0) is 13.2 Å². The fraction of sp³-hybridized carbons (Fsp3) is 0.259. The normalized spacial score (nSPS) is 11.8. The van der Waals surface area contributed by atoms with Gasteiger partial charge in [0.15, 0.2) is 0 Å². The minimum atomic E-state index is -4.62. The van der Waals surface area contributed by atoms with Crippen LogP contribution in [0.5, 0.6) is 0 Å². The average Bonchev–Trinajstić information content (AvgIpc) is 3.44. The zero-order valence-corrected chi connectivity index (χ0v) is 21.8. The third kappa shape index (κ3) is 5.63. The summed E-state index contributed by atoms with van der Waals surface area (Å²) in [6.07, 6.45) is -3.13. The first-order valence-corrected chi connectivity index (χ1v) is 11.9. The molecule has 1 N–H and O–H groups in total. The van der Waals surface area contributed by atoms with Gasteiger partial charge < -0.3 is 9.80 Å². The number of nitrogens with one attached hydrogen (secondary N) is 1. The monoisotopic (exact) mass is 538 g/mol. The first-order chi connectivity index (χ1) is 18.3. The van der Waals surface area contributed by atoms with E-state index in [-0.39, 0.29) is 23.5 Å². The van der Waals surface area contributed by atoms with Crippen LogP contribution in [0.25, 0.3) is 22.8 Å². The van der Waals surface area contributed by atoms with Crippen molar-refractivity contribution in [3.63, 3.8) is 0 Å². The zero-order chi connectivity index (χ0) is 28.5. The summed E-state index contributed by atoms with van der Waals surface area (Å²) in [5.74, 6) is -0.655. The average molecular weight is 539 g/mol. The summed E-state index contributed by atoms with van der Waals surface area (Å²) in [6, 6.07) is 14.5. The van der Waals surface area contributed by atoms with Gasteiger partial charge >= 0.3 is 6.18 Å². The number of nitrogens with zero attached hydrogens (tertiary/aromatic N) is 6. The van der Waals surface area contributed by atoms with Gasteiger partial charge in [-0.3, -0.25) is 14.3 Å². The van der Waals surface area contributed by atoms with Crippen molar-refractivity contribution in [2.24, 2.45) is 7.05 Å². The Hall–Kier alpha value is -4.63. The van der Waals surface area contributed by atoms with Crippen molar-refractivity contribution in [3.05, 3.63) is 87.8 Å². The Labute approximate surface area is 222 Å². The number of quaternary nitrogens is 1. The topological polar surface area (TPSA) is 97.6 Å². The van der Waals surface area contributed by atoms with Crippen LogP contribution in [0.1, 0.15) is 21.5 Å². The van der Waals surface area contributed by atoms with E-state index >= 15 is 0 Å². The highest BCUT2D eigenvalue weighted by Gasteiger charge is 2.32. The predicted octanol–water partition coefficient (Wildman–Crippen LogP) is 3.36.